The van der Waals surface area contributed by atoms with Crippen molar-refractivity contribution >= 4 is 0 Å². The van der Waals surface area contributed by atoms with Crippen LogP contribution in [0.15, 0.2) is 0 Å². The molecule has 0 amide bonds. The van der Waals surface area contributed by atoms with Crippen LogP contribution in [-0.2, 0) is 0 Å². The summed E-state index contributed by atoms with van der Waals surface area (Å²) in [6, 6.07) is 0.779. The highest BCUT2D eigenvalue weighted by Crippen LogP contribution is 2.18. The maximum atomic E-state index is 3.51. The molecule has 2 rings (SSSR count). The average Bonchev–Trinajstić information content (AvgIpc) is 2.30. The predicted octanol–water partition coefficient (Wildman–Crippen LogP) is 1.01. The molecule has 94 valence electrons. The molecule has 2 saturated heterocycles. The molecule has 0 aromatic carbocycles. The Labute approximate surface area is 100 Å². The monoisotopic (exact) mass is 225 g/mol. The maximum absolute atomic E-state index is 3.51. The van der Waals surface area contributed by atoms with Gasteiger partial charge in [-0.25, -0.2) is 0 Å². The standard InChI is InChI=1S/C13H27N3/c1-15-8-4-5-12(10-15)11-16(2)13-6-3-7-14-9-13/h12-14H,3-11H2,1-2H3. The molecule has 2 atom stereocenters. The van der Waals surface area contributed by atoms with Crippen LogP contribution in [0.25, 0.3) is 0 Å². The Morgan fingerprint density at radius 1 is 1.31 bits per heavy atom. The quantitative estimate of drug-likeness (QED) is 0.773. The molecule has 0 saturated carbocycles. The van der Waals surface area contributed by atoms with Crippen LogP contribution in [-0.4, -0.2) is 62.7 Å². The van der Waals surface area contributed by atoms with E-state index in [1.54, 1.807) is 0 Å². The number of likely N-dealkylation sites (tertiary alicyclic amines) is 1. The van der Waals surface area contributed by atoms with Gasteiger partial charge in [-0.1, -0.05) is 0 Å². The van der Waals surface area contributed by atoms with Gasteiger partial charge >= 0.3 is 0 Å². The average molecular weight is 225 g/mol. The molecule has 0 bridgehead atoms. The van der Waals surface area contributed by atoms with E-state index in [-0.39, 0.29) is 0 Å². The van der Waals surface area contributed by atoms with Gasteiger partial charge in [0, 0.05) is 25.7 Å². The smallest absolute Gasteiger partial charge is 0.0218 e. The molecule has 2 fully saturated rings. The molecule has 2 aliphatic rings. The fourth-order valence-electron chi connectivity index (χ4n) is 3.19. The van der Waals surface area contributed by atoms with Gasteiger partial charge in [-0.05, 0) is 58.8 Å². The molecule has 3 heteroatoms. The molecule has 0 aromatic heterocycles. The maximum Gasteiger partial charge on any atom is 0.0218 e. The fourth-order valence-corrected chi connectivity index (χ4v) is 3.19. The Bertz CT molecular complexity index is 201. The first-order valence-electron chi connectivity index (χ1n) is 6.85. The number of hydrogen-bond acceptors (Lipinski definition) is 3. The number of rotatable bonds is 3. The van der Waals surface area contributed by atoms with Crippen LogP contribution in [0, 0.1) is 5.92 Å². The number of nitrogens with zero attached hydrogens (tertiary/aromatic N) is 2. The van der Waals surface area contributed by atoms with E-state index in [2.05, 4.69) is 29.2 Å². The molecule has 0 aliphatic carbocycles. The Kier molecular flexibility index (Phi) is 4.62. The molecule has 0 spiro atoms. The molecular formula is C13H27N3. The van der Waals surface area contributed by atoms with E-state index in [9.17, 15) is 0 Å². The highest BCUT2D eigenvalue weighted by Gasteiger charge is 2.23. The second-order valence-corrected chi connectivity index (χ2v) is 5.71. The number of piperidine rings is 2. The first-order valence-corrected chi connectivity index (χ1v) is 6.85. The van der Waals surface area contributed by atoms with Crippen molar-refractivity contribution in [2.24, 2.45) is 5.92 Å². The lowest BCUT2D eigenvalue weighted by atomic mass is 9.96. The highest BCUT2D eigenvalue weighted by atomic mass is 15.2. The van der Waals surface area contributed by atoms with Crippen molar-refractivity contribution in [3.63, 3.8) is 0 Å². The zero-order valence-electron chi connectivity index (χ0n) is 10.9. The van der Waals surface area contributed by atoms with Crippen LogP contribution >= 0.6 is 0 Å². The third-order valence-corrected chi connectivity index (χ3v) is 4.16. The molecule has 3 nitrogen and oxygen atoms in total. The SMILES string of the molecule is CN1CCCC(CN(C)C2CCCNC2)C1. The van der Waals surface area contributed by atoms with Crippen molar-refractivity contribution in [2.45, 2.75) is 31.7 Å². The van der Waals surface area contributed by atoms with Crippen LogP contribution in [0.3, 0.4) is 0 Å². The molecule has 0 aromatic rings. The second-order valence-electron chi connectivity index (χ2n) is 5.71. The number of nitrogens with one attached hydrogen (secondary N) is 1. The van der Waals surface area contributed by atoms with Gasteiger partial charge in [0.1, 0.15) is 0 Å². The molecule has 0 radical (unpaired) electrons. The number of hydrogen-bond donors (Lipinski definition) is 1. The minimum absolute atomic E-state index is 0.779. The Hall–Kier alpha value is -0.120. The van der Waals surface area contributed by atoms with Gasteiger partial charge in [0.2, 0.25) is 0 Å². The van der Waals surface area contributed by atoms with Gasteiger partial charge in [-0.2, -0.15) is 0 Å². The van der Waals surface area contributed by atoms with Crippen LogP contribution in [0.5, 0.6) is 0 Å². The molecular weight excluding hydrogens is 198 g/mol. The van der Waals surface area contributed by atoms with Crippen molar-refractivity contribution in [1.82, 2.24) is 15.1 Å². The lowest BCUT2D eigenvalue weighted by Crippen LogP contribution is -2.47. The molecule has 1 N–H and O–H groups in total. The summed E-state index contributed by atoms with van der Waals surface area (Å²) in [6.45, 7) is 6.29. The zero-order valence-corrected chi connectivity index (χ0v) is 10.9. The largest absolute Gasteiger partial charge is 0.315 e. The summed E-state index contributed by atoms with van der Waals surface area (Å²) in [5, 5.41) is 3.51. The summed E-state index contributed by atoms with van der Waals surface area (Å²) in [5.41, 5.74) is 0. The third kappa shape index (κ3) is 3.44. The number of likely N-dealkylation sites (N-methyl/N-ethyl adjacent to an activating group) is 1. The lowest BCUT2D eigenvalue weighted by molar-refractivity contribution is 0.129. The van der Waals surface area contributed by atoms with Gasteiger partial charge in [-0.15, -0.1) is 0 Å². The van der Waals surface area contributed by atoms with Crippen LogP contribution < -0.4 is 5.32 Å². The predicted molar refractivity (Wildman–Crippen MR) is 68.7 cm³/mol. The normalized spacial score (nSPS) is 33.2. The summed E-state index contributed by atoms with van der Waals surface area (Å²) in [6.07, 6.45) is 5.54. The van der Waals surface area contributed by atoms with Gasteiger partial charge in [0.15, 0.2) is 0 Å². The Morgan fingerprint density at radius 3 is 2.88 bits per heavy atom. The van der Waals surface area contributed by atoms with Gasteiger partial charge in [-0.3, -0.25) is 0 Å². The van der Waals surface area contributed by atoms with Crippen LogP contribution in [0.1, 0.15) is 25.7 Å². The summed E-state index contributed by atoms with van der Waals surface area (Å²) < 4.78 is 0. The van der Waals surface area contributed by atoms with Gasteiger partial charge in [0.25, 0.3) is 0 Å². The van der Waals surface area contributed by atoms with Crippen molar-refractivity contribution in [1.29, 1.82) is 0 Å². The van der Waals surface area contributed by atoms with E-state index in [1.807, 2.05) is 0 Å². The molecule has 16 heavy (non-hydrogen) atoms. The van der Waals surface area contributed by atoms with Crippen molar-refractivity contribution in [3.05, 3.63) is 0 Å². The van der Waals surface area contributed by atoms with Crippen molar-refractivity contribution in [3.8, 4) is 0 Å². The minimum Gasteiger partial charge on any atom is -0.315 e. The Morgan fingerprint density at radius 2 is 2.19 bits per heavy atom. The molecule has 2 aliphatic heterocycles. The molecule has 2 unspecified atom stereocenters. The summed E-state index contributed by atoms with van der Waals surface area (Å²) in [4.78, 5) is 5.08. The van der Waals surface area contributed by atoms with Gasteiger partial charge in [0.05, 0.1) is 0 Å². The van der Waals surface area contributed by atoms with E-state index in [0.717, 1.165) is 12.0 Å². The minimum atomic E-state index is 0.779. The third-order valence-electron chi connectivity index (χ3n) is 4.16. The van der Waals surface area contributed by atoms with Gasteiger partial charge < -0.3 is 15.1 Å². The summed E-state index contributed by atoms with van der Waals surface area (Å²) in [5.74, 6) is 0.894. The van der Waals surface area contributed by atoms with E-state index in [1.165, 1.54) is 58.4 Å². The van der Waals surface area contributed by atoms with E-state index in [4.69, 9.17) is 0 Å². The van der Waals surface area contributed by atoms with Crippen LogP contribution in [0.4, 0.5) is 0 Å². The first-order chi connectivity index (χ1) is 7.75. The summed E-state index contributed by atoms with van der Waals surface area (Å²) >= 11 is 0. The first kappa shape index (κ1) is 12.3. The lowest BCUT2D eigenvalue weighted by Gasteiger charge is -2.37. The van der Waals surface area contributed by atoms with Crippen molar-refractivity contribution in [2.75, 3.05) is 46.8 Å². The highest BCUT2D eigenvalue weighted by molar-refractivity contribution is 4.80. The van der Waals surface area contributed by atoms with Crippen molar-refractivity contribution < 1.29 is 0 Å². The Balaban J connectivity index is 1.74. The molecule has 2 heterocycles. The van der Waals surface area contributed by atoms with Crippen LogP contribution in [0.2, 0.25) is 0 Å². The van der Waals surface area contributed by atoms with E-state index in [0.29, 0.717) is 0 Å². The zero-order chi connectivity index (χ0) is 11.4. The fraction of sp³-hybridized carbons (Fsp3) is 1.00. The summed E-state index contributed by atoms with van der Waals surface area (Å²) in [7, 11) is 4.57. The van der Waals surface area contributed by atoms with E-state index < -0.39 is 0 Å². The second kappa shape index (κ2) is 5.99. The topological polar surface area (TPSA) is 18.5 Å². The van der Waals surface area contributed by atoms with E-state index >= 15 is 0 Å².